The molecular formula is C25H32N6O2. The van der Waals surface area contributed by atoms with Crippen molar-refractivity contribution in [1.29, 1.82) is 0 Å². The van der Waals surface area contributed by atoms with Crippen LogP contribution in [0.4, 0.5) is 10.6 Å². The molecule has 0 atom stereocenters. The summed E-state index contributed by atoms with van der Waals surface area (Å²) in [5, 5.41) is 5.86. The zero-order valence-corrected chi connectivity index (χ0v) is 19.4. The molecule has 0 spiro atoms. The molecule has 0 saturated heterocycles. The number of hydrogen-bond donors (Lipinski definition) is 2. The van der Waals surface area contributed by atoms with Gasteiger partial charge in [-0.1, -0.05) is 25.3 Å². The minimum atomic E-state index is -0.225. The number of nitrogens with one attached hydrogen (secondary N) is 2. The van der Waals surface area contributed by atoms with Crippen molar-refractivity contribution in [3.8, 4) is 17.0 Å². The van der Waals surface area contributed by atoms with E-state index in [0.717, 1.165) is 42.5 Å². The zero-order valence-electron chi connectivity index (χ0n) is 19.4. The first-order valence-corrected chi connectivity index (χ1v) is 11.6. The summed E-state index contributed by atoms with van der Waals surface area (Å²) in [7, 11) is 4.10. The van der Waals surface area contributed by atoms with Crippen molar-refractivity contribution >= 4 is 22.9 Å². The van der Waals surface area contributed by atoms with Crippen LogP contribution in [0.3, 0.4) is 0 Å². The minimum absolute atomic E-state index is 0.225. The monoisotopic (exact) mass is 448 g/mol. The number of anilines is 1. The average molecular weight is 449 g/mol. The lowest BCUT2D eigenvalue weighted by Gasteiger charge is -2.22. The first-order chi connectivity index (χ1) is 16.1. The lowest BCUT2D eigenvalue weighted by Crippen LogP contribution is -2.39. The lowest BCUT2D eigenvalue weighted by atomic mass is 9.96. The third-order valence-electron chi connectivity index (χ3n) is 5.79. The third kappa shape index (κ3) is 6.61. The van der Waals surface area contributed by atoms with Gasteiger partial charge in [-0.05, 0) is 57.1 Å². The molecule has 2 amide bonds. The van der Waals surface area contributed by atoms with Crippen LogP contribution in [0.25, 0.3) is 22.2 Å². The first kappa shape index (κ1) is 22.9. The normalized spacial score (nSPS) is 14.4. The number of carbonyl (C=O) groups excluding carboxylic acids is 1. The smallest absolute Gasteiger partial charge is 0.320 e. The van der Waals surface area contributed by atoms with E-state index in [1.165, 1.54) is 19.3 Å². The van der Waals surface area contributed by atoms with Gasteiger partial charge in [-0.2, -0.15) is 0 Å². The highest BCUT2D eigenvalue weighted by Crippen LogP contribution is 2.24. The van der Waals surface area contributed by atoms with Crippen molar-refractivity contribution in [1.82, 2.24) is 25.2 Å². The van der Waals surface area contributed by atoms with E-state index >= 15 is 0 Å². The Balaban J connectivity index is 1.40. The maximum atomic E-state index is 12.4. The molecule has 1 aromatic carbocycles. The Morgan fingerprint density at radius 3 is 2.61 bits per heavy atom. The number of fused-ring (bicyclic) bond motifs is 1. The Morgan fingerprint density at radius 1 is 1.03 bits per heavy atom. The van der Waals surface area contributed by atoms with E-state index in [0.29, 0.717) is 23.8 Å². The Bertz CT molecular complexity index is 1060. The molecule has 3 aromatic rings. The summed E-state index contributed by atoms with van der Waals surface area (Å²) in [5.74, 6) is 1.06. The molecule has 33 heavy (non-hydrogen) atoms. The van der Waals surface area contributed by atoms with Gasteiger partial charge in [0.05, 0.1) is 23.8 Å². The summed E-state index contributed by atoms with van der Waals surface area (Å²) in [6, 6.07) is 9.77. The van der Waals surface area contributed by atoms with Crippen LogP contribution in [-0.4, -0.2) is 59.2 Å². The fourth-order valence-electron chi connectivity index (χ4n) is 4.03. The topological polar surface area (TPSA) is 92.3 Å². The fourth-order valence-corrected chi connectivity index (χ4v) is 4.03. The van der Waals surface area contributed by atoms with E-state index in [9.17, 15) is 4.79 Å². The number of carbonyl (C=O) groups is 1. The highest BCUT2D eigenvalue weighted by atomic mass is 16.5. The number of nitrogens with zero attached hydrogens (tertiary/aromatic N) is 4. The molecule has 8 nitrogen and oxygen atoms in total. The molecule has 8 heteroatoms. The molecule has 0 radical (unpaired) electrons. The van der Waals surface area contributed by atoms with Gasteiger partial charge < -0.3 is 15.0 Å². The summed E-state index contributed by atoms with van der Waals surface area (Å²) in [6.07, 6.45) is 10.0. The number of hydrogen-bond acceptors (Lipinski definition) is 6. The number of aromatic nitrogens is 3. The summed E-state index contributed by atoms with van der Waals surface area (Å²) in [4.78, 5) is 27.9. The summed E-state index contributed by atoms with van der Waals surface area (Å²) in [6.45, 7) is 1.62. The van der Waals surface area contributed by atoms with E-state index in [1.54, 1.807) is 12.4 Å². The molecule has 0 unspecified atom stereocenters. The molecule has 0 bridgehead atoms. The van der Waals surface area contributed by atoms with Gasteiger partial charge in [0.2, 0.25) is 5.88 Å². The van der Waals surface area contributed by atoms with Gasteiger partial charge in [0.1, 0.15) is 0 Å². The highest BCUT2D eigenvalue weighted by molar-refractivity contribution is 5.90. The van der Waals surface area contributed by atoms with Crippen molar-refractivity contribution in [2.45, 2.75) is 44.6 Å². The first-order valence-electron chi connectivity index (χ1n) is 11.6. The molecular weight excluding hydrogens is 416 g/mol. The van der Waals surface area contributed by atoms with Gasteiger partial charge >= 0.3 is 6.03 Å². The van der Waals surface area contributed by atoms with E-state index in [4.69, 9.17) is 4.74 Å². The SMILES string of the molecule is CN(C)CCCOc1ccc(-c2ccc3ncc(NC(=O)NC4CCCCC4)nc3c2)cn1. The second-order valence-corrected chi connectivity index (χ2v) is 8.78. The lowest BCUT2D eigenvalue weighted by molar-refractivity contribution is 0.244. The van der Waals surface area contributed by atoms with Gasteiger partial charge in [0, 0.05) is 30.4 Å². The van der Waals surface area contributed by atoms with Crippen LogP contribution in [0, 0.1) is 0 Å². The average Bonchev–Trinajstić information content (AvgIpc) is 2.82. The standard InChI is InChI=1S/C25H32N6O2/c1-31(2)13-6-14-33-24-12-10-19(16-27-24)18-9-11-21-22(15-18)29-23(17-26-21)30-25(32)28-20-7-4-3-5-8-20/h9-12,15-17,20H,3-8,13-14H2,1-2H3,(H2,28,29,30,32). The minimum Gasteiger partial charge on any atom is -0.478 e. The van der Waals surface area contributed by atoms with Crippen LogP contribution in [0.15, 0.2) is 42.7 Å². The predicted octanol–water partition coefficient (Wildman–Crippen LogP) is 4.48. The third-order valence-corrected chi connectivity index (χ3v) is 5.79. The van der Waals surface area contributed by atoms with Gasteiger partial charge in [-0.15, -0.1) is 0 Å². The number of ether oxygens (including phenoxy) is 1. The Kier molecular flexibility index (Phi) is 7.67. The van der Waals surface area contributed by atoms with Gasteiger partial charge in [-0.3, -0.25) is 10.3 Å². The molecule has 1 aliphatic carbocycles. The molecule has 2 aromatic heterocycles. The molecule has 1 fully saturated rings. The molecule has 0 aliphatic heterocycles. The van der Waals surface area contributed by atoms with Crippen LogP contribution in [-0.2, 0) is 0 Å². The number of rotatable bonds is 8. The number of urea groups is 1. The maximum absolute atomic E-state index is 12.4. The van der Waals surface area contributed by atoms with E-state index in [-0.39, 0.29) is 12.1 Å². The van der Waals surface area contributed by atoms with E-state index < -0.39 is 0 Å². The van der Waals surface area contributed by atoms with Crippen LogP contribution in [0.5, 0.6) is 5.88 Å². The second-order valence-electron chi connectivity index (χ2n) is 8.78. The van der Waals surface area contributed by atoms with Crippen LogP contribution < -0.4 is 15.4 Å². The van der Waals surface area contributed by atoms with Crippen molar-refractivity contribution in [3.63, 3.8) is 0 Å². The van der Waals surface area contributed by atoms with Crippen molar-refractivity contribution in [2.75, 3.05) is 32.6 Å². The van der Waals surface area contributed by atoms with Crippen LogP contribution in [0.1, 0.15) is 38.5 Å². The van der Waals surface area contributed by atoms with Crippen LogP contribution >= 0.6 is 0 Å². The van der Waals surface area contributed by atoms with Crippen LogP contribution in [0.2, 0.25) is 0 Å². The molecule has 4 rings (SSSR count). The largest absolute Gasteiger partial charge is 0.478 e. The molecule has 1 saturated carbocycles. The quantitative estimate of drug-likeness (QED) is 0.494. The maximum Gasteiger partial charge on any atom is 0.320 e. The summed E-state index contributed by atoms with van der Waals surface area (Å²) in [5.41, 5.74) is 3.43. The van der Waals surface area contributed by atoms with Gasteiger partial charge in [-0.25, -0.2) is 14.8 Å². The van der Waals surface area contributed by atoms with E-state index in [2.05, 4.69) is 30.5 Å². The molecule has 2 N–H and O–H groups in total. The van der Waals surface area contributed by atoms with Gasteiger partial charge in [0.15, 0.2) is 5.82 Å². The Morgan fingerprint density at radius 2 is 1.85 bits per heavy atom. The summed E-state index contributed by atoms with van der Waals surface area (Å²) < 4.78 is 5.72. The second kappa shape index (κ2) is 11.0. The fraction of sp³-hybridized carbons (Fsp3) is 0.440. The predicted molar refractivity (Wildman–Crippen MR) is 130 cm³/mol. The zero-order chi connectivity index (χ0) is 23.0. The highest BCUT2D eigenvalue weighted by Gasteiger charge is 2.16. The Hall–Kier alpha value is -3.26. The number of pyridine rings is 1. The summed E-state index contributed by atoms with van der Waals surface area (Å²) >= 11 is 0. The van der Waals surface area contributed by atoms with Crippen molar-refractivity contribution in [2.24, 2.45) is 0 Å². The molecule has 174 valence electrons. The van der Waals surface area contributed by atoms with Crippen molar-refractivity contribution in [3.05, 3.63) is 42.7 Å². The molecule has 1 aliphatic rings. The number of amides is 2. The number of benzene rings is 1. The van der Waals surface area contributed by atoms with Crippen molar-refractivity contribution < 1.29 is 9.53 Å². The Labute approximate surface area is 194 Å². The molecule has 2 heterocycles. The van der Waals surface area contributed by atoms with Gasteiger partial charge in [0.25, 0.3) is 0 Å². The van der Waals surface area contributed by atoms with E-state index in [1.807, 2.05) is 44.4 Å².